The molecule has 1 aromatic heterocycles. The zero-order chi connectivity index (χ0) is 15.8. The molecule has 2 rings (SSSR count). The minimum absolute atomic E-state index is 0.0169. The van der Waals surface area contributed by atoms with Crippen LogP contribution in [0.3, 0.4) is 0 Å². The van der Waals surface area contributed by atoms with E-state index in [-0.39, 0.29) is 25.8 Å². The van der Waals surface area contributed by atoms with E-state index in [1.165, 1.54) is 4.90 Å². The van der Waals surface area contributed by atoms with Crippen molar-refractivity contribution in [1.29, 1.82) is 0 Å². The zero-order valence-electron chi connectivity index (χ0n) is 12.2. The molecule has 0 saturated carbocycles. The largest absolute Gasteiger partial charge is 0.396 e. The van der Waals surface area contributed by atoms with Gasteiger partial charge in [0, 0.05) is 30.3 Å². The fourth-order valence-electron chi connectivity index (χ4n) is 2.09. The van der Waals surface area contributed by atoms with Crippen LogP contribution in [0, 0.1) is 0 Å². The molecular formula is C16H20N2O3S. The summed E-state index contributed by atoms with van der Waals surface area (Å²) in [5.41, 5.74) is 1.76. The second-order valence-electron chi connectivity index (χ2n) is 4.78. The van der Waals surface area contributed by atoms with Crippen molar-refractivity contribution in [1.82, 2.24) is 4.90 Å². The smallest absolute Gasteiger partial charge is 0.321 e. The average molecular weight is 320 g/mol. The minimum atomic E-state index is -0.272. The van der Waals surface area contributed by atoms with E-state index in [0.717, 1.165) is 10.4 Å². The molecule has 22 heavy (non-hydrogen) atoms. The Morgan fingerprint density at radius 1 is 1.14 bits per heavy atom. The Kier molecular flexibility index (Phi) is 6.39. The van der Waals surface area contributed by atoms with Crippen LogP contribution in [0.2, 0.25) is 0 Å². The molecule has 0 bridgehead atoms. The van der Waals surface area contributed by atoms with Crippen molar-refractivity contribution < 1.29 is 15.0 Å². The van der Waals surface area contributed by atoms with E-state index in [0.29, 0.717) is 18.7 Å². The summed E-state index contributed by atoms with van der Waals surface area (Å²) in [5, 5.41) is 22.8. The van der Waals surface area contributed by atoms with Gasteiger partial charge in [-0.3, -0.25) is 0 Å². The number of urea groups is 1. The van der Waals surface area contributed by atoms with E-state index < -0.39 is 0 Å². The summed E-state index contributed by atoms with van der Waals surface area (Å²) < 4.78 is 0. The van der Waals surface area contributed by atoms with Gasteiger partial charge in [-0.05, 0) is 35.6 Å². The van der Waals surface area contributed by atoms with Gasteiger partial charge in [0.2, 0.25) is 0 Å². The van der Waals surface area contributed by atoms with Gasteiger partial charge in [-0.15, -0.1) is 11.3 Å². The van der Waals surface area contributed by atoms with Gasteiger partial charge in [-0.25, -0.2) is 4.79 Å². The highest BCUT2D eigenvalue weighted by Gasteiger charge is 2.13. The van der Waals surface area contributed by atoms with Crippen molar-refractivity contribution in [3.8, 4) is 10.4 Å². The third-order valence-corrected chi connectivity index (χ3v) is 4.08. The molecule has 6 heteroatoms. The van der Waals surface area contributed by atoms with Crippen molar-refractivity contribution >= 4 is 23.1 Å². The third kappa shape index (κ3) is 4.56. The lowest BCUT2D eigenvalue weighted by Gasteiger charge is -2.22. The molecule has 1 aromatic carbocycles. The Labute approximate surface area is 133 Å². The molecular weight excluding hydrogens is 300 g/mol. The SMILES string of the molecule is O=C(Nc1cccc(-c2cccs2)c1)N(CCO)CCCO. The number of nitrogens with zero attached hydrogens (tertiary/aromatic N) is 1. The quantitative estimate of drug-likeness (QED) is 0.734. The fourth-order valence-corrected chi connectivity index (χ4v) is 2.82. The van der Waals surface area contributed by atoms with Gasteiger partial charge < -0.3 is 20.4 Å². The first-order chi connectivity index (χ1) is 10.7. The third-order valence-electron chi connectivity index (χ3n) is 3.16. The van der Waals surface area contributed by atoms with Crippen molar-refractivity contribution in [2.75, 3.05) is 31.6 Å². The Morgan fingerprint density at radius 2 is 2.00 bits per heavy atom. The monoisotopic (exact) mass is 320 g/mol. The Morgan fingerprint density at radius 3 is 2.68 bits per heavy atom. The highest BCUT2D eigenvalue weighted by Crippen LogP contribution is 2.26. The molecule has 0 fully saturated rings. The highest BCUT2D eigenvalue weighted by atomic mass is 32.1. The zero-order valence-corrected chi connectivity index (χ0v) is 13.1. The minimum Gasteiger partial charge on any atom is -0.396 e. The molecule has 2 amide bonds. The maximum atomic E-state index is 12.2. The normalized spacial score (nSPS) is 10.5. The number of thiophene rings is 1. The summed E-state index contributed by atoms with van der Waals surface area (Å²) in [7, 11) is 0. The second-order valence-corrected chi connectivity index (χ2v) is 5.72. The van der Waals surface area contributed by atoms with Crippen LogP contribution in [0.15, 0.2) is 41.8 Å². The summed E-state index contributed by atoms with van der Waals surface area (Å²) in [6.07, 6.45) is 0.489. The fraction of sp³-hybridized carbons (Fsp3) is 0.312. The van der Waals surface area contributed by atoms with Gasteiger partial charge in [0.1, 0.15) is 0 Å². The van der Waals surface area contributed by atoms with Crippen LogP contribution in [-0.2, 0) is 0 Å². The number of carbonyl (C=O) groups is 1. The number of hydrogen-bond acceptors (Lipinski definition) is 4. The Bertz CT molecular complexity index is 587. The summed E-state index contributed by atoms with van der Waals surface area (Å²) in [5.74, 6) is 0. The molecule has 1 heterocycles. The molecule has 0 spiro atoms. The van der Waals surface area contributed by atoms with Gasteiger partial charge in [0.25, 0.3) is 0 Å². The van der Waals surface area contributed by atoms with Crippen molar-refractivity contribution in [2.24, 2.45) is 0 Å². The molecule has 0 atom stereocenters. The van der Waals surface area contributed by atoms with E-state index >= 15 is 0 Å². The number of benzene rings is 1. The summed E-state index contributed by atoms with van der Waals surface area (Å²) in [6, 6.07) is 11.4. The molecule has 5 nitrogen and oxygen atoms in total. The highest BCUT2D eigenvalue weighted by molar-refractivity contribution is 7.13. The molecule has 0 aliphatic rings. The van der Waals surface area contributed by atoms with Crippen LogP contribution >= 0.6 is 11.3 Å². The lowest BCUT2D eigenvalue weighted by molar-refractivity contribution is 0.180. The number of anilines is 1. The van der Waals surface area contributed by atoms with Gasteiger partial charge in [0.05, 0.1) is 6.61 Å². The maximum Gasteiger partial charge on any atom is 0.321 e. The van der Waals surface area contributed by atoms with E-state index in [1.54, 1.807) is 11.3 Å². The molecule has 0 aliphatic heterocycles. The van der Waals surface area contributed by atoms with Crippen LogP contribution in [-0.4, -0.2) is 47.4 Å². The number of carbonyl (C=O) groups excluding carboxylic acids is 1. The van der Waals surface area contributed by atoms with Gasteiger partial charge in [0.15, 0.2) is 0 Å². The molecule has 2 aromatic rings. The predicted octanol–water partition coefficient (Wildman–Crippen LogP) is 2.62. The number of aliphatic hydroxyl groups is 2. The number of hydrogen-bond donors (Lipinski definition) is 3. The lowest BCUT2D eigenvalue weighted by Crippen LogP contribution is -2.38. The summed E-state index contributed by atoms with van der Waals surface area (Å²) in [4.78, 5) is 14.9. The van der Waals surface area contributed by atoms with Crippen molar-refractivity contribution in [3.05, 3.63) is 41.8 Å². The van der Waals surface area contributed by atoms with Crippen LogP contribution in [0.1, 0.15) is 6.42 Å². The number of aliphatic hydroxyl groups excluding tert-OH is 2. The Hall–Kier alpha value is -1.89. The van der Waals surface area contributed by atoms with Crippen molar-refractivity contribution in [3.63, 3.8) is 0 Å². The summed E-state index contributed by atoms with van der Waals surface area (Å²) >= 11 is 1.65. The number of amides is 2. The molecule has 0 aliphatic carbocycles. The maximum absolute atomic E-state index is 12.2. The average Bonchev–Trinajstić information content (AvgIpc) is 3.06. The van der Waals surface area contributed by atoms with Crippen LogP contribution in [0.5, 0.6) is 0 Å². The van der Waals surface area contributed by atoms with Crippen LogP contribution < -0.4 is 5.32 Å². The first-order valence-electron chi connectivity index (χ1n) is 7.16. The summed E-state index contributed by atoms with van der Waals surface area (Å²) in [6.45, 7) is 0.571. The molecule has 0 unspecified atom stereocenters. The predicted molar refractivity (Wildman–Crippen MR) is 89.1 cm³/mol. The van der Waals surface area contributed by atoms with E-state index in [1.807, 2.05) is 41.8 Å². The first-order valence-corrected chi connectivity index (χ1v) is 8.04. The molecule has 118 valence electrons. The molecule has 3 N–H and O–H groups in total. The standard InChI is InChI=1S/C16H20N2O3S/c19-9-3-7-18(8-10-20)16(21)17-14-5-1-4-13(12-14)15-6-2-11-22-15/h1-2,4-6,11-12,19-20H,3,7-10H2,(H,17,21). The van der Waals surface area contributed by atoms with E-state index in [2.05, 4.69) is 5.32 Å². The lowest BCUT2D eigenvalue weighted by atomic mass is 10.1. The number of nitrogens with one attached hydrogen (secondary N) is 1. The van der Waals surface area contributed by atoms with E-state index in [9.17, 15) is 4.79 Å². The van der Waals surface area contributed by atoms with Crippen LogP contribution in [0.4, 0.5) is 10.5 Å². The van der Waals surface area contributed by atoms with Gasteiger partial charge in [-0.2, -0.15) is 0 Å². The topological polar surface area (TPSA) is 72.8 Å². The number of rotatable bonds is 7. The second kappa shape index (κ2) is 8.53. The molecule has 0 radical (unpaired) electrons. The van der Waals surface area contributed by atoms with Gasteiger partial charge >= 0.3 is 6.03 Å². The first kappa shape index (κ1) is 16.5. The van der Waals surface area contributed by atoms with E-state index in [4.69, 9.17) is 10.2 Å². The van der Waals surface area contributed by atoms with Gasteiger partial charge in [-0.1, -0.05) is 18.2 Å². The molecule has 0 saturated heterocycles. The van der Waals surface area contributed by atoms with Crippen molar-refractivity contribution in [2.45, 2.75) is 6.42 Å². The van der Waals surface area contributed by atoms with Crippen LogP contribution in [0.25, 0.3) is 10.4 Å². The Balaban J connectivity index is 2.05.